The highest BCUT2D eigenvalue weighted by Crippen LogP contribution is 2.12. The summed E-state index contributed by atoms with van der Waals surface area (Å²) < 4.78 is 5.33. The summed E-state index contributed by atoms with van der Waals surface area (Å²) in [4.78, 5) is 14.1. The molecule has 0 radical (unpaired) electrons. The first-order valence-corrected chi connectivity index (χ1v) is 6.59. The molecule has 1 heterocycles. The summed E-state index contributed by atoms with van der Waals surface area (Å²) >= 11 is 4.95. The number of furan rings is 1. The van der Waals surface area contributed by atoms with Crippen molar-refractivity contribution in [2.24, 2.45) is 5.73 Å². The van der Waals surface area contributed by atoms with Crippen molar-refractivity contribution in [3.63, 3.8) is 0 Å². The fourth-order valence-electron chi connectivity index (χ4n) is 1.91. The molecule has 0 aliphatic carbocycles. The molecular formula is C15H16N2O2S. The minimum atomic E-state index is -0.154. The zero-order chi connectivity index (χ0) is 14.7. The lowest BCUT2D eigenvalue weighted by molar-refractivity contribution is 0.0752. The van der Waals surface area contributed by atoms with Crippen LogP contribution in [0.4, 0.5) is 0 Å². The maximum Gasteiger partial charge on any atom is 0.289 e. The molecule has 0 saturated heterocycles. The number of benzene rings is 1. The van der Waals surface area contributed by atoms with Crippen molar-refractivity contribution in [3.05, 3.63) is 59.0 Å². The first kappa shape index (κ1) is 14.3. The van der Waals surface area contributed by atoms with Crippen LogP contribution >= 0.6 is 12.2 Å². The van der Waals surface area contributed by atoms with Crippen LogP contribution in [-0.4, -0.2) is 22.8 Å². The Hall–Kier alpha value is -2.14. The predicted octanol–water partition coefficient (Wildman–Crippen LogP) is 2.49. The molecule has 2 aromatic rings. The number of rotatable bonds is 4. The van der Waals surface area contributed by atoms with E-state index in [1.807, 2.05) is 31.2 Å². The summed E-state index contributed by atoms with van der Waals surface area (Å²) in [6.45, 7) is 2.28. The largest absolute Gasteiger partial charge is 0.456 e. The van der Waals surface area contributed by atoms with Crippen LogP contribution in [0.3, 0.4) is 0 Å². The minimum Gasteiger partial charge on any atom is -0.456 e. The lowest BCUT2D eigenvalue weighted by atomic mass is 10.1. The molecule has 20 heavy (non-hydrogen) atoms. The fraction of sp³-hybridized carbons (Fsp3) is 0.200. The predicted molar refractivity (Wildman–Crippen MR) is 81.6 cm³/mol. The number of carbonyl (C=O) groups excluding carboxylic acids is 1. The molecule has 1 aromatic heterocycles. The molecular weight excluding hydrogens is 272 g/mol. The molecule has 5 heteroatoms. The van der Waals surface area contributed by atoms with Crippen LogP contribution in [0.1, 0.15) is 27.4 Å². The number of hydrogen-bond acceptors (Lipinski definition) is 3. The van der Waals surface area contributed by atoms with Gasteiger partial charge in [0.25, 0.3) is 5.91 Å². The number of thiocarbonyl (C=S) groups is 1. The van der Waals surface area contributed by atoms with Crippen molar-refractivity contribution in [1.82, 2.24) is 4.90 Å². The summed E-state index contributed by atoms with van der Waals surface area (Å²) in [6.07, 6.45) is 0. The Morgan fingerprint density at radius 3 is 2.70 bits per heavy atom. The third-order valence-electron chi connectivity index (χ3n) is 2.93. The van der Waals surface area contributed by atoms with Gasteiger partial charge >= 0.3 is 0 Å². The summed E-state index contributed by atoms with van der Waals surface area (Å²) in [6, 6.07) is 11.0. The number of carbonyl (C=O) groups is 1. The Kier molecular flexibility index (Phi) is 4.20. The van der Waals surface area contributed by atoms with Gasteiger partial charge in [-0.1, -0.05) is 30.4 Å². The third kappa shape index (κ3) is 3.24. The van der Waals surface area contributed by atoms with E-state index in [0.29, 0.717) is 17.3 Å². The number of aryl methyl sites for hydroxylation is 1. The van der Waals surface area contributed by atoms with Crippen LogP contribution < -0.4 is 5.73 Å². The van der Waals surface area contributed by atoms with E-state index in [1.54, 1.807) is 24.1 Å². The highest BCUT2D eigenvalue weighted by molar-refractivity contribution is 7.80. The Morgan fingerprint density at radius 1 is 1.35 bits per heavy atom. The average molecular weight is 288 g/mol. The second kappa shape index (κ2) is 5.88. The van der Waals surface area contributed by atoms with Crippen molar-refractivity contribution in [2.45, 2.75) is 13.5 Å². The van der Waals surface area contributed by atoms with E-state index < -0.39 is 0 Å². The molecule has 2 rings (SSSR count). The van der Waals surface area contributed by atoms with Gasteiger partial charge in [-0.3, -0.25) is 4.79 Å². The third-order valence-corrected chi connectivity index (χ3v) is 3.16. The van der Waals surface area contributed by atoms with Gasteiger partial charge in [-0.15, -0.1) is 0 Å². The van der Waals surface area contributed by atoms with Gasteiger partial charge in [0.1, 0.15) is 10.7 Å². The molecule has 0 saturated carbocycles. The van der Waals surface area contributed by atoms with E-state index in [1.165, 1.54) is 0 Å². The van der Waals surface area contributed by atoms with Crippen molar-refractivity contribution in [3.8, 4) is 0 Å². The Bertz CT molecular complexity index is 649. The number of nitrogens with two attached hydrogens (primary N) is 1. The van der Waals surface area contributed by atoms with Crippen LogP contribution in [0, 0.1) is 6.92 Å². The maximum absolute atomic E-state index is 12.2. The Balaban J connectivity index is 2.11. The minimum absolute atomic E-state index is 0.154. The molecule has 0 aliphatic heterocycles. The topological polar surface area (TPSA) is 59.5 Å². The molecule has 0 unspecified atom stereocenters. The molecule has 1 amide bonds. The molecule has 2 N–H and O–H groups in total. The molecule has 1 aromatic carbocycles. The van der Waals surface area contributed by atoms with E-state index in [2.05, 4.69) is 0 Å². The Labute approximate surface area is 123 Å². The van der Waals surface area contributed by atoms with Crippen molar-refractivity contribution in [2.75, 3.05) is 7.05 Å². The van der Waals surface area contributed by atoms with E-state index in [0.717, 1.165) is 16.9 Å². The van der Waals surface area contributed by atoms with Crippen molar-refractivity contribution < 1.29 is 9.21 Å². The summed E-state index contributed by atoms with van der Waals surface area (Å²) in [5.41, 5.74) is 7.37. The summed E-state index contributed by atoms with van der Waals surface area (Å²) in [5, 5.41) is 0. The normalized spacial score (nSPS) is 10.3. The Morgan fingerprint density at radius 2 is 2.10 bits per heavy atom. The molecule has 4 nitrogen and oxygen atoms in total. The van der Waals surface area contributed by atoms with Crippen LogP contribution in [0.15, 0.2) is 40.8 Å². The van der Waals surface area contributed by atoms with Crippen molar-refractivity contribution >= 4 is 23.1 Å². The maximum atomic E-state index is 12.2. The fourth-order valence-corrected chi connectivity index (χ4v) is 2.03. The van der Waals surface area contributed by atoms with E-state index in [9.17, 15) is 4.79 Å². The van der Waals surface area contributed by atoms with E-state index >= 15 is 0 Å². The smallest absolute Gasteiger partial charge is 0.289 e. The first-order chi connectivity index (χ1) is 9.47. The monoisotopic (exact) mass is 288 g/mol. The van der Waals surface area contributed by atoms with E-state index in [-0.39, 0.29) is 5.91 Å². The first-order valence-electron chi connectivity index (χ1n) is 6.18. The van der Waals surface area contributed by atoms with Gasteiger partial charge in [0.05, 0.1) is 0 Å². The van der Waals surface area contributed by atoms with Gasteiger partial charge in [0.15, 0.2) is 5.76 Å². The molecule has 0 bridgehead atoms. The standard InChI is InChI=1S/C15H16N2O2S/c1-10-6-7-13(19-10)15(18)17(2)9-11-4-3-5-12(8-11)14(16)20/h3-8H,9H2,1-2H3,(H2,16,20). The lowest BCUT2D eigenvalue weighted by Gasteiger charge is -2.16. The van der Waals surface area contributed by atoms with Gasteiger partial charge in [-0.2, -0.15) is 0 Å². The zero-order valence-corrected chi connectivity index (χ0v) is 12.2. The van der Waals surface area contributed by atoms with E-state index in [4.69, 9.17) is 22.4 Å². The molecule has 0 aliphatic rings. The van der Waals surface area contributed by atoms with Gasteiger partial charge in [-0.25, -0.2) is 0 Å². The number of hydrogen-bond donors (Lipinski definition) is 1. The SMILES string of the molecule is Cc1ccc(C(=O)N(C)Cc2cccc(C(N)=S)c2)o1. The molecule has 0 atom stereocenters. The summed E-state index contributed by atoms with van der Waals surface area (Å²) in [7, 11) is 1.73. The van der Waals surface area contributed by atoms with Crippen LogP contribution in [0.2, 0.25) is 0 Å². The van der Waals surface area contributed by atoms with Crippen LogP contribution in [0.25, 0.3) is 0 Å². The second-order valence-electron chi connectivity index (χ2n) is 4.64. The van der Waals surface area contributed by atoms with Crippen LogP contribution in [0.5, 0.6) is 0 Å². The van der Waals surface area contributed by atoms with Gasteiger partial charge in [-0.05, 0) is 30.7 Å². The average Bonchev–Trinajstić information content (AvgIpc) is 2.84. The zero-order valence-electron chi connectivity index (χ0n) is 11.4. The van der Waals surface area contributed by atoms with Crippen LogP contribution in [-0.2, 0) is 6.54 Å². The highest BCUT2D eigenvalue weighted by Gasteiger charge is 2.15. The highest BCUT2D eigenvalue weighted by atomic mass is 32.1. The summed E-state index contributed by atoms with van der Waals surface area (Å²) in [5.74, 6) is 0.909. The second-order valence-corrected chi connectivity index (χ2v) is 5.08. The number of amides is 1. The van der Waals surface area contributed by atoms with Gasteiger partial charge < -0.3 is 15.1 Å². The molecule has 0 spiro atoms. The lowest BCUT2D eigenvalue weighted by Crippen LogP contribution is -2.26. The van der Waals surface area contributed by atoms with Gasteiger partial charge in [0, 0.05) is 19.2 Å². The molecule has 0 fully saturated rings. The van der Waals surface area contributed by atoms with Crippen molar-refractivity contribution in [1.29, 1.82) is 0 Å². The molecule has 104 valence electrons. The van der Waals surface area contributed by atoms with Gasteiger partial charge in [0.2, 0.25) is 0 Å². The number of nitrogens with zero attached hydrogens (tertiary/aromatic N) is 1. The quantitative estimate of drug-likeness (QED) is 0.878.